The van der Waals surface area contributed by atoms with Crippen molar-refractivity contribution in [3.05, 3.63) is 65.9 Å². The van der Waals surface area contributed by atoms with E-state index >= 15 is 0 Å². The molecule has 2 aromatic carbocycles. The maximum atomic E-state index is 6.00. The number of fused-ring (bicyclic) bond motifs is 1. The molecule has 0 saturated heterocycles. The molecule has 4 nitrogen and oxygen atoms in total. The Bertz CT molecular complexity index is 803. The van der Waals surface area contributed by atoms with Crippen molar-refractivity contribution in [2.75, 3.05) is 5.32 Å². The van der Waals surface area contributed by atoms with Gasteiger partial charge in [-0.05, 0) is 41.1 Å². The number of hydrogen-bond donors (Lipinski definition) is 3. The minimum Gasteiger partial charge on any atom is -0.370 e. The molecule has 0 aliphatic rings. The molecule has 0 bridgehead atoms. The van der Waals surface area contributed by atoms with E-state index in [0.717, 1.165) is 16.9 Å². The highest BCUT2D eigenvalue weighted by Crippen LogP contribution is 2.18. The third kappa shape index (κ3) is 4.50. The highest BCUT2D eigenvalue weighted by atomic mass is 127. The second-order valence-electron chi connectivity index (χ2n) is 5.99. The minimum absolute atomic E-state index is 0. The van der Waals surface area contributed by atoms with Crippen molar-refractivity contribution in [1.29, 1.82) is 0 Å². The molecule has 1 aromatic heterocycles. The Morgan fingerprint density at radius 1 is 1.12 bits per heavy atom. The van der Waals surface area contributed by atoms with Crippen LogP contribution in [0.1, 0.15) is 31.0 Å². The first-order valence-electron chi connectivity index (χ1n) is 7.85. The molecule has 0 unspecified atom stereocenters. The summed E-state index contributed by atoms with van der Waals surface area (Å²) in [6.07, 6.45) is 0. The smallest absolute Gasteiger partial charge is 0.193 e. The summed E-state index contributed by atoms with van der Waals surface area (Å²) in [5.74, 6) is 0.908. The van der Waals surface area contributed by atoms with Crippen molar-refractivity contribution in [2.24, 2.45) is 10.7 Å². The molecule has 0 amide bonds. The molecule has 3 aromatic rings. The van der Waals surface area contributed by atoms with Crippen LogP contribution in [0, 0.1) is 0 Å². The Labute approximate surface area is 159 Å². The Morgan fingerprint density at radius 2 is 1.92 bits per heavy atom. The average Bonchev–Trinajstić information content (AvgIpc) is 2.96. The summed E-state index contributed by atoms with van der Waals surface area (Å²) in [6.45, 7) is 4.87. The van der Waals surface area contributed by atoms with Crippen molar-refractivity contribution >= 4 is 46.5 Å². The number of aromatic nitrogens is 1. The number of rotatable bonds is 4. The van der Waals surface area contributed by atoms with Crippen LogP contribution in [-0.4, -0.2) is 10.9 Å². The highest BCUT2D eigenvalue weighted by Gasteiger charge is 2.02. The molecule has 0 radical (unpaired) electrons. The van der Waals surface area contributed by atoms with Crippen LogP contribution in [0.25, 0.3) is 10.9 Å². The van der Waals surface area contributed by atoms with E-state index in [-0.39, 0.29) is 24.0 Å². The highest BCUT2D eigenvalue weighted by molar-refractivity contribution is 14.0. The fourth-order valence-corrected chi connectivity index (χ4v) is 2.55. The van der Waals surface area contributed by atoms with Crippen LogP contribution in [0.4, 0.5) is 5.69 Å². The quantitative estimate of drug-likeness (QED) is 0.313. The topological polar surface area (TPSA) is 66.2 Å². The molecular formula is C19H23IN4. The third-order valence-corrected chi connectivity index (χ3v) is 3.83. The molecule has 0 spiro atoms. The van der Waals surface area contributed by atoms with E-state index in [1.807, 2.05) is 24.3 Å². The number of para-hydroxylation sites is 1. The van der Waals surface area contributed by atoms with E-state index in [1.54, 1.807) is 0 Å². The molecule has 0 fully saturated rings. The molecular weight excluding hydrogens is 411 g/mol. The monoisotopic (exact) mass is 434 g/mol. The number of anilines is 1. The number of hydrogen-bond acceptors (Lipinski definition) is 1. The lowest BCUT2D eigenvalue weighted by Crippen LogP contribution is -2.22. The number of nitrogens with one attached hydrogen (secondary N) is 2. The Kier molecular flexibility index (Phi) is 6.25. The number of halogens is 1. The van der Waals surface area contributed by atoms with Gasteiger partial charge in [-0.1, -0.05) is 44.2 Å². The third-order valence-electron chi connectivity index (χ3n) is 3.83. The normalized spacial score (nSPS) is 11.5. The first-order valence-corrected chi connectivity index (χ1v) is 7.85. The van der Waals surface area contributed by atoms with E-state index in [9.17, 15) is 0 Å². The van der Waals surface area contributed by atoms with Crippen molar-refractivity contribution in [2.45, 2.75) is 26.3 Å². The summed E-state index contributed by atoms with van der Waals surface area (Å²) < 4.78 is 0. The Balaban J connectivity index is 0.00000208. The predicted molar refractivity (Wildman–Crippen MR) is 113 cm³/mol. The van der Waals surface area contributed by atoms with Gasteiger partial charge < -0.3 is 16.0 Å². The molecule has 0 aliphatic heterocycles. The van der Waals surface area contributed by atoms with Gasteiger partial charge >= 0.3 is 0 Å². The van der Waals surface area contributed by atoms with Crippen LogP contribution in [0.3, 0.4) is 0 Å². The average molecular weight is 434 g/mol. The summed E-state index contributed by atoms with van der Waals surface area (Å²) in [7, 11) is 0. The predicted octanol–water partition coefficient (Wildman–Crippen LogP) is 4.84. The van der Waals surface area contributed by atoms with E-state index in [2.05, 4.69) is 59.5 Å². The van der Waals surface area contributed by atoms with Crippen molar-refractivity contribution in [3.63, 3.8) is 0 Å². The maximum Gasteiger partial charge on any atom is 0.193 e. The number of H-pyrrole nitrogens is 1. The lowest BCUT2D eigenvalue weighted by atomic mass is 10.0. The number of benzene rings is 2. The van der Waals surface area contributed by atoms with Gasteiger partial charge in [0.15, 0.2) is 5.96 Å². The van der Waals surface area contributed by atoms with E-state index in [0.29, 0.717) is 18.4 Å². The van der Waals surface area contributed by atoms with E-state index in [4.69, 9.17) is 5.73 Å². The van der Waals surface area contributed by atoms with Gasteiger partial charge in [-0.3, -0.25) is 0 Å². The van der Waals surface area contributed by atoms with Gasteiger partial charge in [-0.15, -0.1) is 24.0 Å². The molecule has 0 aliphatic carbocycles. The lowest BCUT2D eigenvalue weighted by Gasteiger charge is -2.09. The molecule has 126 valence electrons. The Morgan fingerprint density at radius 3 is 2.67 bits per heavy atom. The van der Waals surface area contributed by atoms with Crippen LogP contribution in [0.5, 0.6) is 0 Å². The molecule has 24 heavy (non-hydrogen) atoms. The zero-order valence-corrected chi connectivity index (χ0v) is 16.2. The van der Waals surface area contributed by atoms with Crippen molar-refractivity contribution in [1.82, 2.24) is 4.98 Å². The van der Waals surface area contributed by atoms with Gasteiger partial charge in [-0.25, -0.2) is 4.99 Å². The number of nitrogens with two attached hydrogens (primary N) is 1. The molecule has 1 heterocycles. The number of aliphatic imine (C=N–C) groups is 1. The van der Waals surface area contributed by atoms with Gasteiger partial charge in [0.1, 0.15) is 0 Å². The van der Waals surface area contributed by atoms with Gasteiger partial charge in [0, 0.05) is 16.9 Å². The van der Waals surface area contributed by atoms with Crippen LogP contribution in [-0.2, 0) is 6.54 Å². The van der Waals surface area contributed by atoms with Crippen molar-refractivity contribution < 1.29 is 0 Å². The fraction of sp³-hybridized carbons (Fsp3) is 0.211. The minimum atomic E-state index is 0. The number of aromatic amines is 1. The molecule has 3 rings (SSSR count). The van der Waals surface area contributed by atoms with Crippen LogP contribution < -0.4 is 11.1 Å². The first kappa shape index (κ1) is 18.3. The zero-order chi connectivity index (χ0) is 16.2. The zero-order valence-electron chi connectivity index (χ0n) is 13.9. The number of nitrogens with zero attached hydrogens (tertiary/aromatic N) is 1. The molecule has 0 atom stereocenters. The first-order chi connectivity index (χ1) is 11.1. The fourth-order valence-electron chi connectivity index (χ4n) is 2.55. The van der Waals surface area contributed by atoms with E-state index < -0.39 is 0 Å². The summed E-state index contributed by atoms with van der Waals surface area (Å²) in [5.41, 5.74) is 10.4. The van der Waals surface area contributed by atoms with Crippen LogP contribution in [0.2, 0.25) is 0 Å². The standard InChI is InChI=1S/C19H22N4.HI/c1-13(2)14-7-5-8-16(10-14)23-19(20)21-12-17-11-15-6-3-4-9-18(15)22-17;/h3-11,13,22H,12H2,1-2H3,(H3,20,21,23);1H. The summed E-state index contributed by atoms with van der Waals surface area (Å²) in [4.78, 5) is 7.76. The maximum absolute atomic E-state index is 6.00. The Hall–Kier alpha value is -2.02. The SMILES string of the molecule is CC(C)c1cccc(NC(N)=NCc2cc3ccccc3[nH]2)c1.I. The summed E-state index contributed by atoms with van der Waals surface area (Å²) >= 11 is 0. The second-order valence-corrected chi connectivity index (χ2v) is 5.99. The van der Waals surface area contributed by atoms with Crippen LogP contribution >= 0.6 is 24.0 Å². The van der Waals surface area contributed by atoms with Gasteiger partial charge in [0.05, 0.1) is 6.54 Å². The van der Waals surface area contributed by atoms with Gasteiger partial charge in [0.2, 0.25) is 0 Å². The molecule has 0 saturated carbocycles. The van der Waals surface area contributed by atoms with Crippen LogP contribution in [0.15, 0.2) is 59.6 Å². The van der Waals surface area contributed by atoms with Gasteiger partial charge in [0.25, 0.3) is 0 Å². The largest absolute Gasteiger partial charge is 0.370 e. The number of guanidine groups is 1. The molecule has 5 heteroatoms. The summed E-state index contributed by atoms with van der Waals surface area (Å²) in [5, 5.41) is 4.34. The van der Waals surface area contributed by atoms with Crippen molar-refractivity contribution in [3.8, 4) is 0 Å². The summed E-state index contributed by atoms with van der Waals surface area (Å²) in [6, 6.07) is 18.5. The molecule has 4 N–H and O–H groups in total. The lowest BCUT2D eigenvalue weighted by molar-refractivity contribution is 0.867. The second kappa shape index (κ2) is 8.19. The van der Waals surface area contributed by atoms with Gasteiger partial charge in [-0.2, -0.15) is 0 Å². The van der Waals surface area contributed by atoms with E-state index in [1.165, 1.54) is 10.9 Å².